The number of rotatable bonds is 3. The molecule has 0 aliphatic heterocycles. The van der Waals surface area contributed by atoms with Crippen molar-refractivity contribution in [2.75, 3.05) is 5.73 Å². The summed E-state index contributed by atoms with van der Waals surface area (Å²) in [6, 6.07) is 1.44. The second kappa shape index (κ2) is 4.48. The monoisotopic (exact) mass is 239 g/mol. The molecular weight excluding hydrogens is 229 g/mol. The van der Waals surface area contributed by atoms with Crippen LogP contribution in [0.1, 0.15) is 5.56 Å². The molecule has 0 fully saturated rings. The lowest BCUT2D eigenvalue weighted by molar-refractivity contribution is 0.619. The molecule has 0 atom stereocenters. The molecule has 2 N–H and O–H groups in total. The number of nitrogen functional groups attached to an aromatic ring is 1. The SMILES string of the molecule is Cn1c(N)nnc1SCc1cncc(F)c1. The van der Waals surface area contributed by atoms with Gasteiger partial charge in [-0.2, -0.15) is 0 Å². The van der Waals surface area contributed by atoms with Crippen LogP contribution in [0, 0.1) is 5.82 Å². The summed E-state index contributed by atoms with van der Waals surface area (Å²) < 4.78 is 14.5. The third kappa shape index (κ3) is 2.30. The van der Waals surface area contributed by atoms with Crippen molar-refractivity contribution in [3.05, 3.63) is 29.8 Å². The molecule has 0 aliphatic carbocycles. The highest BCUT2D eigenvalue weighted by molar-refractivity contribution is 7.98. The van der Waals surface area contributed by atoms with Crippen LogP contribution in [0.4, 0.5) is 10.3 Å². The second-order valence-electron chi connectivity index (χ2n) is 3.20. The van der Waals surface area contributed by atoms with Crippen LogP contribution < -0.4 is 5.73 Å². The zero-order valence-electron chi connectivity index (χ0n) is 8.59. The molecule has 2 heterocycles. The van der Waals surface area contributed by atoms with Gasteiger partial charge >= 0.3 is 0 Å². The van der Waals surface area contributed by atoms with E-state index < -0.39 is 0 Å². The number of nitrogens with two attached hydrogens (primary N) is 1. The number of thioether (sulfide) groups is 1. The third-order valence-corrected chi connectivity index (χ3v) is 3.09. The van der Waals surface area contributed by atoms with Gasteiger partial charge < -0.3 is 5.73 Å². The highest BCUT2D eigenvalue weighted by atomic mass is 32.2. The zero-order chi connectivity index (χ0) is 11.5. The molecule has 0 saturated carbocycles. The Morgan fingerprint density at radius 2 is 2.25 bits per heavy atom. The van der Waals surface area contributed by atoms with Crippen LogP contribution in [-0.4, -0.2) is 19.7 Å². The quantitative estimate of drug-likeness (QED) is 0.816. The zero-order valence-corrected chi connectivity index (χ0v) is 9.41. The number of hydrogen-bond acceptors (Lipinski definition) is 5. The van der Waals surface area contributed by atoms with E-state index in [4.69, 9.17) is 5.73 Å². The Morgan fingerprint density at radius 1 is 1.44 bits per heavy atom. The van der Waals surface area contributed by atoms with Gasteiger partial charge in [0.2, 0.25) is 5.95 Å². The molecular formula is C9H10FN5S. The summed E-state index contributed by atoms with van der Waals surface area (Å²) in [4.78, 5) is 3.77. The summed E-state index contributed by atoms with van der Waals surface area (Å²) in [5.41, 5.74) is 6.34. The molecule has 0 saturated heterocycles. The molecule has 0 bridgehead atoms. The van der Waals surface area contributed by atoms with Crippen LogP contribution in [-0.2, 0) is 12.8 Å². The maximum Gasteiger partial charge on any atom is 0.222 e. The van der Waals surface area contributed by atoms with Crippen LogP contribution in [0.3, 0.4) is 0 Å². The Hall–Kier alpha value is -1.63. The summed E-state index contributed by atoms with van der Waals surface area (Å²) in [5.74, 6) is 0.604. The lowest BCUT2D eigenvalue weighted by Gasteiger charge is -2.01. The first-order chi connectivity index (χ1) is 7.66. The van der Waals surface area contributed by atoms with Crippen LogP contribution >= 0.6 is 11.8 Å². The molecule has 0 aliphatic rings. The number of pyridine rings is 1. The van der Waals surface area contributed by atoms with Crippen molar-refractivity contribution in [2.24, 2.45) is 7.05 Å². The van der Waals surface area contributed by atoms with Gasteiger partial charge in [0.05, 0.1) is 6.20 Å². The number of aromatic nitrogens is 4. The van der Waals surface area contributed by atoms with Gasteiger partial charge in [-0.1, -0.05) is 11.8 Å². The molecule has 0 radical (unpaired) electrons. The number of hydrogen-bond donors (Lipinski definition) is 1. The molecule has 5 nitrogen and oxygen atoms in total. The van der Waals surface area contributed by atoms with E-state index >= 15 is 0 Å². The predicted octanol–water partition coefficient (Wildman–Crippen LogP) is 1.22. The normalized spacial score (nSPS) is 10.6. The maximum absolute atomic E-state index is 12.9. The fourth-order valence-corrected chi connectivity index (χ4v) is 1.97. The lowest BCUT2D eigenvalue weighted by atomic mass is 10.3. The molecule has 0 aromatic carbocycles. The lowest BCUT2D eigenvalue weighted by Crippen LogP contribution is -1.98. The molecule has 7 heteroatoms. The molecule has 0 spiro atoms. The first-order valence-corrected chi connectivity index (χ1v) is 5.52. The van der Waals surface area contributed by atoms with Gasteiger partial charge in [-0.05, 0) is 11.6 Å². The van der Waals surface area contributed by atoms with E-state index in [1.165, 1.54) is 24.0 Å². The number of halogens is 1. The minimum absolute atomic E-state index is 0.337. The van der Waals surface area contributed by atoms with Gasteiger partial charge in [0.25, 0.3) is 0 Å². The first-order valence-electron chi connectivity index (χ1n) is 4.54. The Kier molecular flexibility index (Phi) is 3.04. The fraction of sp³-hybridized carbons (Fsp3) is 0.222. The van der Waals surface area contributed by atoms with Crippen molar-refractivity contribution in [1.82, 2.24) is 19.7 Å². The molecule has 0 amide bonds. The van der Waals surface area contributed by atoms with E-state index in [1.807, 2.05) is 0 Å². The summed E-state index contributed by atoms with van der Waals surface area (Å²) in [5, 5.41) is 8.31. The third-order valence-electron chi connectivity index (χ3n) is 2.00. The molecule has 2 rings (SSSR count). The van der Waals surface area contributed by atoms with Crippen molar-refractivity contribution >= 4 is 17.7 Å². The average Bonchev–Trinajstić information content (AvgIpc) is 2.57. The van der Waals surface area contributed by atoms with Crippen LogP contribution in [0.5, 0.6) is 0 Å². The van der Waals surface area contributed by atoms with Crippen molar-refractivity contribution < 1.29 is 4.39 Å². The molecule has 84 valence electrons. The maximum atomic E-state index is 12.9. The molecule has 2 aromatic heterocycles. The van der Waals surface area contributed by atoms with Crippen molar-refractivity contribution in [3.8, 4) is 0 Å². The topological polar surface area (TPSA) is 69.6 Å². The summed E-state index contributed by atoms with van der Waals surface area (Å²) in [7, 11) is 1.78. The van der Waals surface area contributed by atoms with Crippen LogP contribution in [0.15, 0.2) is 23.6 Å². The fourth-order valence-electron chi connectivity index (χ4n) is 1.13. The number of nitrogens with zero attached hydrogens (tertiary/aromatic N) is 4. The highest BCUT2D eigenvalue weighted by Crippen LogP contribution is 2.21. The summed E-state index contributed by atoms with van der Waals surface area (Å²) in [6.07, 6.45) is 2.80. The van der Waals surface area contributed by atoms with Gasteiger partial charge in [-0.3, -0.25) is 9.55 Å². The summed E-state index contributed by atoms with van der Waals surface area (Å²) >= 11 is 1.43. The average molecular weight is 239 g/mol. The Balaban J connectivity index is 2.05. The van der Waals surface area contributed by atoms with Crippen molar-refractivity contribution in [3.63, 3.8) is 0 Å². The summed E-state index contributed by atoms with van der Waals surface area (Å²) in [6.45, 7) is 0. The second-order valence-corrected chi connectivity index (χ2v) is 4.14. The van der Waals surface area contributed by atoms with E-state index in [-0.39, 0.29) is 5.82 Å². The van der Waals surface area contributed by atoms with E-state index in [0.717, 1.165) is 5.56 Å². The minimum atomic E-state index is -0.337. The predicted molar refractivity (Wildman–Crippen MR) is 59.2 cm³/mol. The van der Waals surface area contributed by atoms with E-state index in [0.29, 0.717) is 16.9 Å². The first kappa shape index (κ1) is 10.9. The Labute approximate surface area is 95.9 Å². The van der Waals surface area contributed by atoms with Crippen molar-refractivity contribution in [2.45, 2.75) is 10.9 Å². The smallest absolute Gasteiger partial charge is 0.222 e. The van der Waals surface area contributed by atoms with E-state index in [2.05, 4.69) is 15.2 Å². The van der Waals surface area contributed by atoms with E-state index in [1.54, 1.807) is 17.8 Å². The van der Waals surface area contributed by atoms with Crippen molar-refractivity contribution in [1.29, 1.82) is 0 Å². The Morgan fingerprint density at radius 3 is 2.88 bits per heavy atom. The van der Waals surface area contributed by atoms with Crippen LogP contribution in [0.2, 0.25) is 0 Å². The minimum Gasteiger partial charge on any atom is -0.368 e. The van der Waals surface area contributed by atoms with Crippen LogP contribution in [0.25, 0.3) is 0 Å². The van der Waals surface area contributed by atoms with E-state index in [9.17, 15) is 4.39 Å². The van der Waals surface area contributed by atoms with Gasteiger partial charge in [-0.15, -0.1) is 10.2 Å². The number of anilines is 1. The van der Waals surface area contributed by atoms with Gasteiger partial charge in [0.1, 0.15) is 5.82 Å². The van der Waals surface area contributed by atoms with Gasteiger partial charge in [-0.25, -0.2) is 4.39 Å². The van der Waals surface area contributed by atoms with Gasteiger partial charge in [0, 0.05) is 19.0 Å². The van der Waals surface area contributed by atoms with Gasteiger partial charge in [0.15, 0.2) is 5.16 Å². The Bertz CT molecular complexity index is 498. The molecule has 16 heavy (non-hydrogen) atoms. The molecule has 2 aromatic rings. The highest BCUT2D eigenvalue weighted by Gasteiger charge is 2.06. The standard InChI is InChI=1S/C9H10FN5S/c1-15-8(11)13-14-9(15)16-5-6-2-7(10)4-12-3-6/h2-4H,5H2,1H3,(H2,11,13). The largest absolute Gasteiger partial charge is 0.368 e. The molecule has 0 unspecified atom stereocenters.